The number of pyridine rings is 1. The van der Waals surface area contributed by atoms with Crippen LogP contribution in [0.15, 0.2) is 18.3 Å². The van der Waals surface area contributed by atoms with Gasteiger partial charge in [0.05, 0.1) is 22.7 Å². The Hall–Kier alpha value is -2.82. The SMILES string of the molecule is COC1(C)CN(c2ccc3c(n2)CCC(NC(=O)c2sc4nc(C)ncc4c2N)C3)CC1N. The average molecular weight is 468 g/mol. The summed E-state index contributed by atoms with van der Waals surface area (Å²) < 4.78 is 5.65. The van der Waals surface area contributed by atoms with Crippen molar-refractivity contribution in [3.63, 3.8) is 0 Å². The van der Waals surface area contributed by atoms with Gasteiger partial charge < -0.3 is 26.4 Å². The molecule has 10 heteroatoms. The first-order valence-electron chi connectivity index (χ1n) is 11.1. The maximum Gasteiger partial charge on any atom is 0.263 e. The van der Waals surface area contributed by atoms with Crippen LogP contribution in [0.1, 0.15) is 40.1 Å². The van der Waals surface area contributed by atoms with Gasteiger partial charge in [0.1, 0.15) is 21.3 Å². The lowest BCUT2D eigenvalue weighted by Crippen LogP contribution is -2.45. The van der Waals surface area contributed by atoms with E-state index in [0.717, 1.165) is 54.1 Å². The van der Waals surface area contributed by atoms with E-state index in [1.54, 1.807) is 13.3 Å². The van der Waals surface area contributed by atoms with Crippen LogP contribution < -0.4 is 21.7 Å². The Labute approximate surface area is 196 Å². The van der Waals surface area contributed by atoms with Gasteiger partial charge >= 0.3 is 0 Å². The van der Waals surface area contributed by atoms with E-state index >= 15 is 0 Å². The Morgan fingerprint density at radius 2 is 2.18 bits per heavy atom. The van der Waals surface area contributed by atoms with E-state index in [2.05, 4.69) is 26.3 Å². The number of thiophene rings is 1. The van der Waals surface area contributed by atoms with E-state index in [1.807, 2.05) is 19.9 Å². The van der Waals surface area contributed by atoms with Gasteiger partial charge in [-0.05, 0) is 44.7 Å². The van der Waals surface area contributed by atoms with Crippen molar-refractivity contribution in [1.82, 2.24) is 20.3 Å². The normalized spacial score (nSPS) is 24.8. The smallest absolute Gasteiger partial charge is 0.263 e. The summed E-state index contributed by atoms with van der Waals surface area (Å²) in [4.78, 5) is 29.9. The van der Waals surface area contributed by atoms with Crippen LogP contribution in [-0.2, 0) is 17.6 Å². The Morgan fingerprint density at radius 1 is 1.36 bits per heavy atom. The summed E-state index contributed by atoms with van der Waals surface area (Å²) >= 11 is 1.31. The number of anilines is 2. The first-order chi connectivity index (χ1) is 15.8. The van der Waals surface area contributed by atoms with Crippen molar-refractivity contribution in [2.24, 2.45) is 5.73 Å². The number of nitrogens with one attached hydrogen (secondary N) is 1. The highest BCUT2D eigenvalue weighted by atomic mass is 32.1. The van der Waals surface area contributed by atoms with Gasteiger partial charge in [-0.2, -0.15) is 0 Å². The molecule has 2 aliphatic rings. The number of aromatic nitrogens is 3. The van der Waals surface area contributed by atoms with Crippen molar-refractivity contribution in [2.45, 2.75) is 50.8 Å². The van der Waals surface area contributed by atoms with E-state index in [0.29, 0.717) is 16.4 Å². The van der Waals surface area contributed by atoms with Crippen LogP contribution in [-0.4, -0.2) is 58.7 Å². The molecule has 5 N–H and O–H groups in total. The summed E-state index contributed by atoms with van der Waals surface area (Å²) in [5.74, 6) is 1.44. The standard InChI is InChI=1S/C23H29N7O2S/c1-12-26-9-15-19(25)20(33-22(15)27-12)21(31)28-14-5-6-16-13(8-14)4-7-18(29-16)30-10-17(24)23(2,11-30)32-3/h4,7,9,14,17H,5-6,8,10-11,24-25H2,1-3H3,(H,28,31). The van der Waals surface area contributed by atoms with E-state index in [4.69, 9.17) is 21.2 Å². The number of carbonyl (C=O) groups excluding carboxylic acids is 1. The molecule has 1 saturated heterocycles. The lowest BCUT2D eigenvalue weighted by molar-refractivity contribution is 0.0129. The minimum Gasteiger partial charge on any atom is -0.397 e. The molecule has 0 radical (unpaired) electrons. The van der Waals surface area contributed by atoms with Gasteiger partial charge in [-0.15, -0.1) is 11.3 Å². The predicted octanol–water partition coefficient (Wildman–Crippen LogP) is 1.82. The fourth-order valence-electron chi connectivity index (χ4n) is 4.69. The molecule has 0 bridgehead atoms. The second-order valence-electron chi connectivity index (χ2n) is 9.17. The van der Waals surface area contributed by atoms with Crippen LogP contribution in [0.5, 0.6) is 0 Å². The minimum absolute atomic E-state index is 0.0343. The number of amides is 1. The van der Waals surface area contributed by atoms with E-state index in [1.165, 1.54) is 16.9 Å². The van der Waals surface area contributed by atoms with Crippen molar-refractivity contribution in [3.8, 4) is 0 Å². The molecule has 9 nitrogen and oxygen atoms in total. The third-order valence-corrected chi connectivity index (χ3v) is 8.01. The van der Waals surface area contributed by atoms with Gasteiger partial charge in [0.25, 0.3) is 5.91 Å². The van der Waals surface area contributed by atoms with Crippen LogP contribution in [0.25, 0.3) is 10.2 Å². The largest absolute Gasteiger partial charge is 0.397 e. The molecule has 1 aliphatic heterocycles. The highest BCUT2D eigenvalue weighted by Crippen LogP contribution is 2.33. The molecule has 1 aliphatic carbocycles. The van der Waals surface area contributed by atoms with Crippen LogP contribution in [0.3, 0.4) is 0 Å². The zero-order chi connectivity index (χ0) is 23.3. The quantitative estimate of drug-likeness (QED) is 0.529. The molecule has 0 saturated carbocycles. The van der Waals surface area contributed by atoms with Gasteiger partial charge in [-0.25, -0.2) is 15.0 Å². The number of fused-ring (bicyclic) bond motifs is 2. The Kier molecular flexibility index (Phi) is 5.46. The Morgan fingerprint density at radius 3 is 2.94 bits per heavy atom. The number of nitrogen functional groups attached to an aromatic ring is 1. The van der Waals surface area contributed by atoms with Gasteiger partial charge in [0.15, 0.2) is 0 Å². The molecule has 1 fully saturated rings. The number of methoxy groups -OCH3 is 1. The minimum atomic E-state index is -0.369. The summed E-state index contributed by atoms with van der Waals surface area (Å²) in [5, 5.41) is 3.89. The molecule has 1 amide bonds. The highest BCUT2D eigenvalue weighted by molar-refractivity contribution is 7.21. The van der Waals surface area contributed by atoms with E-state index in [9.17, 15) is 4.79 Å². The van der Waals surface area contributed by atoms with Crippen molar-refractivity contribution in [2.75, 3.05) is 30.8 Å². The zero-order valence-corrected chi connectivity index (χ0v) is 19.9. The van der Waals surface area contributed by atoms with E-state index in [-0.39, 0.29) is 23.6 Å². The maximum atomic E-state index is 13.0. The molecule has 33 heavy (non-hydrogen) atoms. The number of ether oxygens (including phenoxy) is 1. The van der Waals surface area contributed by atoms with Crippen molar-refractivity contribution < 1.29 is 9.53 Å². The Bertz CT molecular complexity index is 1230. The average Bonchev–Trinajstić information content (AvgIpc) is 3.29. The number of aryl methyl sites for hydroxylation is 2. The summed E-state index contributed by atoms with van der Waals surface area (Å²) in [7, 11) is 1.71. The number of hydrogen-bond donors (Lipinski definition) is 3. The number of carbonyl (C=O) groups is 1. The topological polar surface area (TPSA) is 132 Å². The number of hydrogen-bond acceptors (Lipinski definition) is 9. The summed E-state index contributed by atoms with van der Waals surface area (Å²) in [5.41, 5.74) is 14.8. The zero-order valence-electron chi connectivity index (χ0n) is 19.1. The number of nitrogens with zero attached hydrogens (tertiary/aromatic N) is 4. The highest BCUT2D eigenvalue weighted by Gasteiger charge is 2.41. The molecule has 4 heterocycles. The lowest BCUT2D eigenvalue weighted by Gasteiger charge is -2.27. The third-order valence-electron chi connectivity index (χ3n) is 6.90. The van der Waals surface area contributed by atoms with Crippen LogP contribution in [0.2, 0.25) is 0 Å². The Balaban J connectivity index is 1.28. The lowest BCUT2D eigenvalue weighted by atomic mass is 9.91. The summed E-state index contributed by atoms with van der Waals surface area (Å²) in [6.07, 6.45) is 4.06. The molecule has 3 atom stereocenters. The monoisotopic (exact) mass is 467 g/mol. The molecule has 3 aromatic heterocycles. The maximum absolute atomic E-state index is 13.0. The summed E-state index contributed by atoms with van der Waals surface area (Å²) in [6, 6.07) is 4.14. The van der Waals surface area contributed by atoms with Crippen molar-refractivity contribution in [3.05, 3.63) is 40.3 Å². The molecule has 0 aromatic carbocycles. The number of nitrogens with two attached hydrogens (primary N) is 2. The van der Waals surface area contributed by atoms with Crippen molar-refractivity contribution in [1.29, 1.82) is 0 Å². The fraction of sp³-hybridized carbons (Fsp3) is 0.478. The molecular weight excluding hydrogens is 438 g/mol. The molecule has 174 valence electrons. The third kappa shape index (κ3) is 3.92. The fourth-order valence-corrected chi connectivity index (χ4v) is 5.70. The van der Waals surface area contributed by atoms with Crippen LogP contribution >= 0.6 is 11.3 Å². The van der Waals surface area contributed by atoms with Crippen LogP contribution in [0, 0.1) is 6.92 Å². The van der Waals surface area contributed by atoms with Crippen molar-refractivity contribution >= 4 is 39.0 Å². The molecule has 3 unspecified atom stereocenters. The second kappa shape index (κ2) is 8.19. The first-order valence-corrected chi connectivity index (χ1v) is 12.0. The second-order valence-corrected chi connectivity index (χ2v) is 10.2. The van der Waals surface area contributed by atoms with E-state index < -0.39 is 0 Å². The van der Waals surface area contributed by atoms with Crippen LogP contribution in [0.4, 0.5) is 11.5 Å². The first kappa shape index (κ1) is 22.0. The summed E-state index contributed by atoms with van der Waals surface area (Å²) in [6.45, 7) is 5.30. The van der Waals surface area contributed by atoms with Gasteiger partial charge in [-0.1, -0.05) is 6.07 Å². The number of rotatable bonds is 4. The molecule has 5 rings (SSSR count). The molecule has 3 aromatic rings. The van der Waals surface area contributed by atoms with Gasteiger partial charge in [-0.3, -0.25) is 4.79 Å². The van der Waals surface area contributed by atoms with Gasteiger partial charge in [0, 0.05) is 38.1 Å². The molecular formula is C23H29N7O2S. The van der Waals surface area contributed by atoms with Gasteiger partial charge in [0.2, 0.25) is 0 Å². The molecule has 0 spiro atoms. The predicted molar refractivity (Wildman–Crippen MR) is 130 cm³/mol.